The number of aryl methyl sites for hydroxylation is 1. The molecule has 2 aromatic rings. The lowest BCUT2D eigenvalue weighted by atomic mass is 10.2. The number of aliphatic hydroxyl groups is 2. The predicted molar refractivity (Wildman–Crippen MR) is 66.1 cm³/mol. The summed E-state index contributed by atoms with van der Waals surface area (Å²) in [7, 11) is 0. The Morgan fingerprint density at radius 1 is 1.53 bits per heavy atom. The van der Waals surface area contributed by atoms with Crippen molar-refractivity contribution in [3.63, 3.8) is 0 Å². The third kappa shape index (κ3) is 1.84. The molecule has 1 saturated heterocycles. The van der Waals surface area contributed by atoms with Gasteiger partial charge in [0.2, 0.25) is 0 Å². The second-order valence-electron chi connectivity index (χ2n) is 4.59. The number of aliphatic hydroxyl groups excluding tert-OH is 2. The van der Waals surface area contributed by atoms with Crippen molar-refractivity contribution < 1.29 is 14.9 Å². The fourth-order valence-electron chi connectivity index (χ4n) is 2.42. The van der Waals surface area contributed by atoms with E-state index in [1.807, 2.05) is 0 Å². The number of rotatable bonds is 2. The molecular weight excluding hydrogens is 250 g/mol. The summed E-state index contributed by atoms with van der Waals surface area (Å²) in [4.78, 5) is 12.3. The maximum atomic E-state index is 10.1. The van der Waals surface area contributed by atoms with Gasteiger partial charge in [-0.25, -0.2) is 15.0 Å². The van der Waals surface area contributed by atoms with Crippen LogP contribution in [-0.4, -0.2) is 48.5 Å². The van der Waals surface area contributed by atoms with Crippen LogP contribution in [0.2, 0.25) is 0 Å². The van der Waals surface area contributed by atoms with E-state index in [2.05, 4.69) is 15.0 Å². The second-order valence-corrected chi connectivity index (χ2v) is 4.59. The van der Waals surface area contributed by atoms with Gasteiger partial charge in [-0.15, -0.1) is 0 Å². The molecule has 1 fully saturated rings. The van der Waals surface area contributed by atoms with E-state index in [9.17, 15) is 5.11 Å². The maximum Gasteiger partial charge on any atom is 0.167 e. The average Bonchev–Trinajstić information content (AvgIpc) is 2.90. The molecule has 3 rings (SSSR count). The summed E-state index contributed by atoms with van der Waals surface area (Å²) in [6, 6.07) is 0. The van der Waals surface area contributed by atoms with Gasteiger partial charge in [-0.3, -0.25) is 4.57 Å². The van der Waals surface area contributed by atoms with Crippen LogP contribution in [-0.2, 0) is 4.74 Å². The molecule has 2 aromatic heterocycles. The molecule has 8 nitrogen and oxygen atoms in total. The number of hydrogen-bond acceptors (Lipinski definition) is 7. The van der Waals surface area contributed by atoms with Crippen molar-refractivity contribution in [3.05, 3.63) is 12.2 Å². The van der Waals surface area contributed by atoms with Gasteiger partial charge in [0.15, 0.2) is 23.2 Å². The van der Waals surface area contributed by atoms with Crippen LogP contribution in [0.4, 0.5) is 5.82 Å². The van der Waals surface area contributed by atoms with Crippen molar-refractivity contribution in [2.45, 2.75) is 31.8 Å². The topological polar surface area (TPSA) is 119 Å². The van der Waals surface area contributed by atoms with Gasteiger partial charge < -0.3 is 20.7 Å². The van der Waals surface area contributed by atoms with E-state index in [1.165, 1.54) is 6.33 Å². The highest BCUT2D eigenvalue weighted by Gasteiger charge is 2.36. The Morgan fingerprint density at radius 3 is 3.00 bits per heavy atom. The standard InChI is InChI=1S/C11H15N5O3/c1-5-15-8-9(12)13-4-14-10(8)16(5)11-7(18)2-6(3-17)19-11/h4,6-7,11,17-18H,2-3H2,1H3,(H2,12,13,14). The first-order valence-electron chi connectivity index (χ1n) is 6.01. The largest absolute Gasteiger partial charge is 0.394 e. The van der Waals surface area contributed by atoms with E-state index in [-0.39, 0.29) is 18.5 Å². The first-order valence-corrected chi connectivity index (χ1v) is 6.01. The van der Waals surface area contributed by atoms with Gasteiger partial charge in [0.1, 0.15) is 18.3 Å². The van der Waals surface area contributed by atoms with Crippen LogP contribution in [0.15, 0.2) is 6.33 Å². The molecule has 0 aliphatic carbocycles. The number of fused-ring (bicyclic) bond motifs is 1. The quantitative estimate of drug-likeness (QED) is 0.660. The fourth-order valence-corrected chi connectivity index (χ4v) is 2.42. The van der Waals surface area contributed by atoms with E-state index in [0.717, 1.165) is 0 Å². The number of anilines is 1. The fraction of sp³-hybridized carbons (Fsp3) is 0.545. The van der Waals surface area contributed by atoms with Gasteiger partial charge in [-0.1, -0.05) is 0 Å². The second kappa shape index (κ2) is 4.41. The SMILES string of the molecule is Cc1nc2c(N)ncnc2n1C1OC(CO)CC1O. The minimum atomic E-state index is -0.718. The third-order valence-electron chi connectivity index (χ3n) is 3.31. The molecule has 3 atom stereocenters. The van der Waals surface area contributed by atoms with Crippen LogP contribution in [0.5, 0.6) is 0 Å². The van der Waals surface area contributed by atoms with Crippen molar-refractivity contribution >= 4 is 17.0 Å². The Bertz CT molecular complexity index is 614. The molecular formula is C11H15N5O3. The smallest absolute Gasteiger partial charge is 0.167 e. The minimum Gasteiger partial charge on any atom is -0.394 e. The Balaban J connectivity index is 2.10. The summed E-state index contributed by atoms with van der Waals surface area (Å²) >= 11 is 0. The van der Waals surface area contributed by atoms with Crippen LogP contribution in [0, 0.1) is 6.92 Å². The van der Waals surface area contributed by atoms with Crippen molar-refractivity contribution in [2.75, 3.05) is 12.3 Å². The first kappa shape index (κ1) is 12.3. The molecule has 0 radical (unpaired) electrons. The molecule has 102 valence electrons. The lowest BCUT2D eigenvalue weighted by molar-refractivity contribution is -0.0496. The van der Waals surface area contributed by atoms with E-state index < -0.39 is 12.3 Å². The summed E-state index contributed by atoms with van der Waals surface area (Å²) in [5.74, 6) is 0.919. The molecule has 8 heteroatoms. The molecule has 3 heterocycles. The Morgan fingerprint density at radius 2 is 2.32 bits per heavy atom. The van der Waals surface area contributed by atoms with Crippen molar-refractivity contribution in [1.82, 2.24) is 19.5 Å². The van der Waals surface area contributed by atoms with Crippen LogP contribution < -0.4 is 5.73 Å². The van der Waals surface area contributed by atoms with Crippen LogP contribution >= 0.6 is 0 Å². The number of hydrogen-bond donors (Lipinski definition) is 3. The highest BCUT2D eigenvalue weighted by atomic mass is 16.5. The Kier molecular flexibility index (Phi) is 2.85. The Hall–Kier alpha value is -1.77. The lowest BCUT2D eigenvalue weighted by Gasteiger charge is -2.18. The van der Waals surface area contributed by atoms with E-state index in [4.69, 9.17) is 15.6 Å². The average molecular weight is 265 g/mol. The van der Waals surface area contributed by atoms with Gasteiger partial charge in [-0.05, 0) is 6.92 Å². The molecule has 0 aromatic carbocycles. The van der Waals surface area contributed by atoms with E-state index in [0.29, 0.717) is 23.4 Å². The molecule has 0 bridgehead atoms. The summed E-state index contributed by atoms with van der Waals surface area (Å²) < 4.78 is 7.31. The summed E-state index contributed by atoms with van der Waals surface area (Å²) in [6.07, 6.45) is 0.0120. The van der Waals surface area contributed by atoms with Gasteiger partial charge >= 0.3 is 0 Å². The molecule has 3 unspecified atom stereocenters. The third-order valence-corrected chi connectivity index (χ3v) is 3.31. The molecule has 19 heavy (non-hydrogen) atoms. The zero-order valence-corrected chi connectivity index (χ0v) is 10.4. The molecule has 0 saturated carbocycles. The Labute approximate surface area is 108 Å². The molecule has 0 spiro atoms. The number of nitrogens with two attached hydrogens (primary N) is 1. The summed E-state index contributed by atoms with van der Waals surface area (Å²) in [5.41, 5.74) is 6.77. The van der Waals surface area contributed by atoms with Crippen LogP contribution in [0.3, 0.4) is 0 Å². The summed E-state index contributed by atoms with van der Waals surface area (Å²) in [5, 5.41) is 19.2. The number of aromatic nitrogens is 4. The maximum absolute atomic E-state index is 10.1. The number of nitrogen functional groups attached to an aromatic ring is 1. The normalized spacial score (nSPS) is 27.2. The molecule has 4 N–H and O–H groups in total. The molecule has 1 aliphatic heterocycles. The highest BCUT2D eigenvalue weighted by molar-refractivity contribution is 5.81. The van der Waals surface area contributed by atoms with Crippen molar-refractivity contribution in [3.8, 4) is 0 Å². The van der Waals surface area contributed by atoms with E-state index >= 15 is 0 Å². The van der Waals surface area contributed by atoms with Gasteiger partial charge in [0, 0.05) is 6.42 Å². The molecule has 0 amide bonds. The predicted octanol–water partition coefficient (Wildman–Crippen LogP) is -0.642. The minimum absolute atomic E-state index is 0.129. The van der Waals surface area contributed by atoms with Crippen molar-refractivity contribution in [2.24, 2.45) is 0 Å². The van der Waals surface area contributed by atoms with Gasteiger partial charge in [0.25, 0.3) is 0 Å². The number of imidazole rings is 1. The monoisotopic (exact) mass is 265 g/mol. The number of nitrogens with zero attached hydrogens (tertiary/aromatic N) is 4. The zero-order valence-electron chi connectivity index (χ0n) is 10.4. The van der Waals surface area contributed by atoms with Crippen LogP contribution in [0.25, 0.3) is 11.2 Å². The number of ether oxygens (including phenoxy) is 1. The molecule has 1 aliphatic rings. The summed E-state index contributed by atoms with van der Waals surface area (Å²) in [6.45, 7) is 1.65. The zero-order chi connectivity index (χ0) is 13.6. The van der Waals surface area contributed by atoms with Crippen LogP contribution in [0.1, 0.15) is 18.5 Å². The van der Waals surface area contributed by atoms with Gasteiger partial charge in [0.05, 0.1) is 12.7 Å². The van der Waals surface area contributed by atoms with Gasteiger partial charge in [-0.2, -0.15) is 0 Å². The van der Waals surface area contributed by atoms with Crippen molar-refractivity contribution in [1.29, 1.82) is 0 Å². The highest BCUT2D eigenvalue weighted by Crippen LogP contribution is 2.32. The first-order chi connectivity index (χ1) is 9.11. The lowest BCUT2D eigenvalue weighted by Crippen LogP contribution is -2.21. The van der Waals surface area contributed by atoms with E-state index in [1.54, 1.807) is 11.5 Å².